The lowest BCUT2D eigenvalue weighted by molar-refractivity contribution is -0.137. The first-order valence-corrected chi connectivity index (χ1v) is 5.58. The molecule has 1 aromatic carbocycles. The summed E-state index contributed by atoms with van der Waals surface area (Å²) in [4.78, 5) is 0. The molecule has 0 unspecified atom stereocenters. The maximum absolute atomic E-state index is 12.4. The molecule has 1 aromatic rings. The molecule has 1 aliphatic carbocycles. The lowest BCUT2D eigenvalue weighted by Crippen LogP contribution is -2.47. The van der Waals surface area contributed by atoms with Gasteiger partial charge in [-0.05, 0) is 35.4 Å². The van der Waals surface area contributed by atoms with Crippen molar-refractivity contribution >= 4 is 0 Å². The molecule has 0 bridgehead atoms. The molecule has 0 heterocycles. The van der Waals surface area contributed by atoms with Gasteiger partial charge in [0.25, 0.3) is 0 Å². The number of alkyl halides is 3. The second-order valence-electron chi connectivity index (χ2n) is 5.25. The number of rotatable bonds is 1. The van der Waals surface area contributed by atoms with Gasteiger partial charge in [-0.3, -0.25) is 0 Å². The predicted octanol–water partition coefficient (Wildman–Crippen LogP) is 3.58. The maximum Gasteiger partial charge on any atom is 0.416 e. The van der Waals surface area contributed by atoms with Crippen molar-refractivity contribution in [3.05, 3.63) is 35.4 Å². The number of aliphatic hydroxyl groups is 1. The van der Waals surface area contributed by atoms with Gasteiger partial charge in [0.1, 0.15) is 0 Å². The molecular weight excluding hydrogens is 229 g/mol. The second-order valence-corrected chi connectivity index (χ2v) is 5.25. The van der Waals surface area contributed by atoms with Crippen LogP contribution in [0.4, 0.5) is 13.2 Å². The summed E-state index contributed by atoms with van der Waals surface area (Å²) in [6, 6.07) is 5.24. The van der Waals surface area contributed by atoms with Crippen molar-refractivity contribution in [2.24, 2.45) is 5.41 Å². The second kappa shape index (κ2) is 3.73. The van der Waals surface area contributed by atoms with Gasteiger partial charge in [0.2, 0.25) is 0 Å². The Morgan fingerprint density at radius 2 is 1.71 bits per heavy atom. The highest BCUT2D eigenvalue weighted by Crippen LogP contribution is 2.52. The molecule has 1 saturated carbocycles. The van der Waals surface area contributed by atoms with Crippen LogP contribution in [0.3, 0.4) is 0 Å². The van der Waals surface area contributed by atoms with Crippen molar-refractivity contribution in [3.63, 3.8) is 0 Å². The SMILES string of the molecule is CC1(C)[C@@H](O)C[C@H]1c1ccc(C(F)(F)F)cc1. The molecule has 0 aromatic heterocycles. The van der Waals surface area contributed by atoms with Crippen molar-refractivity contribution < 1.29 is 18.3 Å². The lowest BCUT2D eigenvalue weighted by Gasteiger charge is -2.49. The largest absolute Gasteiger partial charge is 0.416 e. The Morgan fingerprint density at radius 3 is 2.06 bits per heavy atom. The van der Waals surface area contributed by atoms with Crippen LogP contribution in [0.1, 0.15) is 37.3 Å². The summed E-state index contributed by atoms with van der Waals surface area (Å²) in [7, 11) is 0. The van der Waals surface area contributed by atoms with Crippen molar-refractivity contribution in [2.45, 2.75) is 38.5 Å². The number of hydrogen-bond donors (Lipinski definition) is 1. The molecule has 2 atom stereocenters. The standard InChI is InChI=1S/C13H15F3O/c1-12(2)10(7-11(12)17)8-3-5-9(6-4-8)13(14,15)16/h3-6,10-11,17H,7H2,1-2H3/t10-,11-/m0/s1. The van der Waals surface area contributed by atoms with E-state index >= 15 is 0 Å². The van der Waals surface area contributed by atoms with Gasteiger partial charge in [0.05, 0.1) is 11.7 Å². The van der Waals surface area contributed by atoms with Crippen LogP contribution in [0.5, 0.6) is 0 Å². The molecule has 4 heteroatoms. The van der Waals surface area contributed by atoms with E-state index in [-0.39, 0.29) is 17.4 Å². The van der Waals surface area contributed by atoms with E-state index in [0.717, 1.165) is 17.7 Å². The van der Waals surface area contributed by atoms with Gasteiger partial charge < -0.3 is 5.11 Å². The smallest absolute Gasteiger partial charge is 0.393 e. The zero-order chi connectivity index (χ0) is 12.8. The zero-order valence-corrected chi connectivity index (χ0v) is 9.75. The summed E-state index contributed by atoms with van der Waals surface area (Å²) in [5, 5.41) is 9.61. The Balaban J connectivity index is 2.20. The Hall–Kier alpha value is -1.03. The summed E-state index contributed by atoms with van der Waals surface area (Å²) in [6.07, 6.45) is -4.03. The summed E-state index contributed by atoms with van der Waals surface area (Å²) >= 11 is 0. The van der Waals surface area contributed by atoms with Gasteiger partial charge in [0, 0.05) is 0 Å². The topological polar surface area (TPSA) is 20.2 Å². The van der Waals surface area contributed by atoms with E-state index in [9.17, 15) is 18.3 Å². The van der Waals surface area contributed by atoms with E-state index < -0.39 is 11.7 Å². The third-order valence-electron chi connectivity index (χ3n) is 3.86. The quantitative estimate of drug-likeness (QED) is 0.800. The van der Waals surface area contributed by atoms with E-state index in [4.69, 9.17) is 0 Å². The Bertz CT molecular complexity index is 406. The van der Waals surface area contributed by atoms with Crippen LogP contribution in [0.15, 0.2) is 24.3 Å². The molecule has 0 spiro atoms. The highest BCUT2D eigenvalue weighted by Gasteiger charge is 2.47. The van der Waals surface area contributed by atoms with Crippen LogP contribution in [0.25, 0.3) is 0 Å². The lowest BCUT2D eigenvalue weighted by atomic mass is 9.58. The Labute approximate surface area is 98.3 Å². The van der Waals surface area contributed by atoms with Gasteiger partial charge in [-0.15, -0.1) is 0 Å². The van der Waals surface area contributed by atoms with Gasteiger partial charge in [0.15, 0.2) is 0 Å². The fourth-order valence-corrected chi connectivity index (χ4v) is 2.37. The third kappa shape index (κ3) is 2.06. The number of aliphatic hydroxyl groups excluding tert-OH is 1. The average Bonchev–Trinajstić information content (AvgIpc) is 2.25. The average molecular weight is 244 g/mol. The molecule has 1 N–H and O–H groups in total. The molecule has 2 rings (SSSR count). The van der Waals surface area contributed by atoms with Gasteiger partial charge in [-0.25, -0.2) is 0 Å². The highest BCUT2D eigenvalue weighted by molar-refractivity contribution is 5.31. The van der Waals surface area contributed by atoms with Crippen LogP contribution < -0.4 is 0 Å². The fourth-order valence-electron chi connectivity index (χ4n) is 2.37. The minimum atomic E-state index is -4.28. The molecule has 0 radical (unpaired) electrons. The molecule has 0 aliphatic heterocycles. The van der Waals surface area contributed by atoms with Gasteiger partial charge in [-0.1, -0.05) is 26.0 Å². The van der Waals surface area contributed by atoms with Crippen LogP contribution in [0.2, 0.25) is 0 Å². The fraction of sp³-hybridized carbons (Fsp3) is 0.538. The molecule has 1 fully saturated rings. The van der Waals surface area contributed by atoms with E-state index in [1.54, 1.807) is 0 Å². The molecule has 94 valence electrons. The van der Waals surface area contributed by atoms with E-state index in [1.807, 2.05) is 13.8 Å². The highest BCUT2D eigenvalue weighted by atomic mass is 19.4. The number of halogens is 3. The summed E-state index contributed by atoms with van der Waals surface area (Å²) in [5.41, 5.74) is -0.00745. The van der Waals surface area contributed by atoms with E-state index in [1.165, 1.54) is 12.1 Å². The first-order chi connectivity index (χ1) is 7.73. The zero-order valence-electron chi connectivity index (χ0n) is 9.75. The van der Waals surface area contributed by atoms with Gasteiger partial charge in [-0.2, -0.15) is 13.2 Å². The van der Waals surface area contributed by atoms with Crippen molar-refractivity contribution in [1.82, 2.24) is 0 Å². The van der Waals surface area contributed by atoms with Gasteiger partial charge >= 0.3 is 6.18 Å². The molecule has 1 aliphatic rings. The normalized spacial score (nSPS) is 27.6. The van der Waals surface area contributed by atoms with Crippen LogP contribution in [-0.4, -0.2) is 11.2 Å². The van der Waals surface area contributed by atoms with Crippen molar-refractivity contribution in [3.8, 4) is 0 Å². The molecule has 0 saturated heterocycles. The molecule has 0 amide bonds. The predicted molar refractivity (Wildman–Crippen MR) is 58.6 cm³/mol. The van der Waals surface area contributed by atoms with Crippen molar-refractivity contribution in [2.75, 3.05) is 0 Å². The minimum absolute atomic E-state index is 0.139. The first kappa shape index (κ1) is 12.4. The maximum atomic E-state index is 12.4. The minimum Gasteiger partial charge on any atom is -0.393 e. The molecule has 1 nitrogen and oxygen atoms in total. The summed E-state index contributed by atoms with van der Waals surface area (Å²) in [5.74, 6) is 0.139. The molecule has 17 heavy (non-hydrogen) atoms. The van der Waals surface area contributed by atoms with E-state index in [0.29, 0.717) is 6.42 Å². The van der Waals surface area contributed by atoms with Crippen molar-refractivity contribution in [1.29, 1.82) is 0 Å². The van der Waals surface area contributed by atoms with Crippen LogP contribution in [-0.2, 0) is 6.18 Å². The number of benzene rings is 1. The number of hydrogen-bond acceptors (Lipinski definition) is 1. The summed E-state index contributed by atoms with van der Waals surface area (Å²) < 4.78 is 37.2. The summed E-state index contributed by atoms with van der Waals surface area (Å²) in [6.45, 7) is 3.87. The van der Waals surface area contributed by atoms with E-state index in [2.05, 4.69) is 0 Å². The first-order valence-electron chi connectivity index (χ1n) is 5.58. The van der Waals surface area contributed by atoms with Crippen LogP contribution in [0, 0.1) is 5.41 Å². The Kier molecular flexibility index (Phi) is 2.73. The molecular formula is C13H15F3O. The third-order valence-corrected chi connectivity index (χ3v) is 3.86. The monoisotopic (exact) mass is 244 g/mol. The Morgan fingerprint density at radius 1 is 1.18 bits per heavy atom. The van der Waals surface area contributed by atoms with Crippen LogP contribution >= 0.6 is 0 Å².